The number of aromatic nitrogens is 1. The molecule has 0 radical (unpaired) electrons. The molecule has 2 aromatic carbocycles. The van der Waals surface area contributed by atoms with E-state index in [2.05, 4.69) is 4.98 Å². The Morgan fingerprint density at radius 1 is 1.12 bits per heavy atom. The molecule has 0 saturated heterocycles. The van der Waals surface area contributed by atoms with Crippen molar-refractivity contribution in [1.82, 2.24) is 4.98 Å². The van der Waals surface area contributed by atoms with Crippen LogP contribution in [0.4, 0.5) is 0 Å². The highest BCUT2D eigenvalue weighted by atomic mass is 32.2. The van der Waals surface area contributed by atoms with Gasteiger partial charge in [-0.3, -0.25) is 4.79 Å². The molecule has 1 heterocycles. The van der Waals surface area contributed by atoms with Crippen molar-refractivity contribution < 1.29 is 14.3 Å². The van der Waals surface area contributed by atoms with E-state index in [0.717, 1.165) is 15.2 Å². The van der Waals surface area contributed by atoms with E-state index in [-0.39, 0.29) is 12.4 Å². The van der Waals surface area contributed by atoms with Gasteiger partial charge in [0.2, 0.25) is 5.91 Å². The lowest BCUT2D eigenvalue weighted by Crippen LogP contribution is -2.13. The van der Waals surface area contributed by atoms with E-state index in [1.807, 2.05) is 24.3 Å². The minimum Gasteiger partial charge on any atom is -0.455 e. The van der Waals surface area contributed by atoms with Gasteiger partial charge >= 0.3 is 5.97 Å². The molecule has 1 amide bonds. The predicted octanol–water partition coefficient (Wildman–Crippen LogP) is 3.23. The molecule has 122 valence electrons. The van der Waals surface area contributed by atoms with Gasteiger partial charge < -0.3 is 10.5 Å². The first kappa shape index (κ1) is 16.5. The van der Waals surface area contributed by atoms with E-state index in [9.17, 15) is 9.59 Å². The van der Waals surface area contributed by atoms with Gasteiger partial charge in [-0.15, -0.1) is 23.1 Å². The van der Waals surface area contributed by atoms with Gasteiger partial charge in [0.1, 0.15) is 11.6 Å². The summed E-state index contributed by atoms with van der Waals surface area (Å²) in [4.78, 5) is 28.4. The standard InChI is InChI=1S/C17H14N2O3S2/c18-15(20)10-23-13-7-3-1-5-11(13)17(21)22-9-16-19-12-6-2-4-8-14(12)24-16/h1-8H,9-10H2,(H2,18,20). The predicted molar refractivity (Wildman–Crippen MR) is 95.1 cm³/mol. The van der Waals surface area contributed by atoms with E-state index in [0.29, 0.717) is 10.5 Å². The van der Waals surface area contributed by atoms with Crippen LogP contribution in [0.3, 0.4) is 0 Å². The molecule has 0 fully saturated rings. The zero-order valence-corrected chi connectivity index (χ0v) is 14.2. The van der Waals surface area contributed by atoms with Crippen LogP contribution in [0, 0.1) is 0 Å². The molecule has 0 bridgehead atoms. The number of primary amides is 1. The molecule has 0 saturated carbocycles. The van der Waals surface area contributed by atoms with Crippen molar-refractivity contribution in [3.63, 3.8) is 0 Å². The second-order valence-electron chi connectivity index (χ2n) is 4.90. The van der Waals surface area contributed by atoms with E-state index in [1.54, 1.807) is 24.3 Å². The molecule has 24 heavy (non-hydrogen) atoms. The maximum Gasteiger partial charge on any atom is 0.339 e. The fraction of sp³-hybridized carbons (Fsp3) is 0.118. The second-order valence-corrected chi connectivity index (χ2v) is 7.03. The van der Waals surface area contributed by atoms with Gasteiger partial charge in [-0.25, -0.2) is 9.78 Å². The van der Waals surface area contributed by atoms with E-state index in [1.165, 1.54) is 23.1 Å². The average molecular weight is 358 g/mol. The fourth-order valence-corrected chi connectivity index (χ4v) is 3.76. The fourth-order valence-electron chi connectivity index (χ4n) is 2.10. The molecule has 7 heteroatoms. The van der Waals surface area contributed by atoms with E-state index >= 15 is 0 Å². The minimum atomic E-state index is -0.443. The van der Waals surface area contributed by atoms with Crippen LogP contribution in [0.1, 0.15) is 15.4 Å². The molecule has 3 rings (SSSR count). The Labute approximate surface area is 146 Å². The van der Waals surface area contributed by atoms with Crippen LogP contribution in [0.15, 0.2) is 53.4 Å². The molecular weight excluding hydrogens is 344 g/mol. The molecule has 0 atom stereocenters. The van der Waals surface area contributed by atoms with Crippen LogP contribution in [0.25, 0.3) is 10.2 Å². The van der Waals surface area contributed by atoms with Gasteiger partial charge in [0.25, 0.3) is 0 Å². The molecule has 3 aromatic rings. The zero-order valence-electron chi connectivity index (χ0n) is 12.6. The third kappa shape index (κ3) is 3.93. The number of nitrogens with zero attached hydrogens (tertiary/aromatic N) is 1. The van der Waals surface area contributed by atoms with Crippen molar-refractivity contribution in [3.8, 4) is 0 Å². The van der Waals surface area contributed by atoms with Gasteiger partial charge in [-0.05, 0) is 24.3 Å². The van der Waals surface area contributed by atoms with Crippen molar-refractivity contribution in [2.75, 3.05) is 5.75 Å². The van der Waals surface area contributed by atoms with Crippen molar-refractivity contribution in [3.05, 3.63) is 59.1 Å². The Hall–Kier alpha value is -2.38. The van der Waals surface area contributed by atoms with Crippen molar-refractivity contribution in [2.24, 2.45) is 5.73 Å². The van der Waals surface area contributed by atoms with E-state index < -0.39 is 11.9 Å². The van der Waals surface area contributed by atoms with Gasteiger partial charge in [0.15, 0.2) is 0 Å². The molecular formula is C17H14N2O3S2. The summed E-state index contributed by atoms with van der Waals surface area (Å²) in [5.74, 6) is -0.762. The van der Waals surface area contributed by atoms with Gasteiger partial charge in [-0.1, -0.05) is 24.3 Å². The Bertz CT molecular complexity index is 859. The van der Waals surface area contributed by atoms with Gasteiger partial charge in [-0.2, -0.15) is 0 Å². The van der Waals surface area contributed by atoms with Crippen LogP contribution < -0.4 is 5.73 Å². The Morgan fingerprint density at radius 3 is 2.67 bits per heavy atom. The maximum absolute atomic E-state index is 12.3. The average Bonchev–Trinajstić information content (AvgIpc) is 3.01. The number of benzene rings is 2. The summed E-state index contributed by atoms with van der Waals surface area (Å²) in [6.45, 7) is 0.118. The van der Waals surface area contributed by atoms with Crippen LogP contribution in [0.5, 0.6) is 0 Å². The van der Waals surface area contributed by atoms with Crippen molar-refractivity contribution in [2.45, 2.75) is 11.5 Å². The lowest BCUT2D eigenvalue weighted by Gasteiger charge is -2.07. The summed E-state index contributed by atoms with van der Waals surface area (Å²) in [5, 5.41) is 0.742. The number of thiazole rings is 1. The molecule has 1 aromatic heterocycles. The van der Waals surface area contributed by atoms with Crippen LogP contribution in [0.2, 0.25) is 0 Å². The number of para-hydroxylation sites is 1. The summed E-state index contributed by atoms with van der Waals surface area (Å²) in [7, 11) is 0. The van der Waals surface area contributed by atoms with Crippen LogP contribution >= 0.6 is 23.1 Å². The summed E-state index contributed by atoms with van der Waals surface area (Å²) in [6, 6.07) is 14.8. The highest BCUT2D eigenvalue weighted by Crippen LogP contribution is 2.25. The summed E-state index contributed by atoms with van der Waals surface area (Å²) >= 11 is 2.72. The number of hydrogen-bond donors (Lipinski definition) is 1. The smallest absolute Gasteiger partial charge is 0.339 e. The van der Waals surface area contributed by atoms with Crippen LogP contribution in [-0.2, 0) is 16.1 Å². The number of thioether (sulfide) groups is 1. The highest BCUT2D eigenvalue weighted by molar-refractivity contribution is 8.00. The van der Waals surface area contributed by atoms with Gasteiger partial charge in [0, 0.05) is 4.90 Å². The number of rotatable bonds is 6. The molecule has 5 nitrogen and oxygen atoms in total. The van der Waals surface area contributed by atoms with E-state index in [4.69, 9.17) is 10.5 Å². The molecule has 0 aliphatic rings. The Kier molecular flexibility index (Phi) is 5.12. The molecule has 0 aliphatic carbocycles. The first-order valence-electron chi connectivity index (χ1n) is 7.15. The number of carbonyl (C=O) groups is 2. The second kappa shape index (κ2) is 7.46. The minimum absolute atomic E-state index is 0.113. The monoisotopic (exact) mass is 358 g/mol. The highest BCUT2D eigenvalue weighted by Gasteiger charge is 2.14. The quantitative estimate of drug-likeness (QED) is 0.540. The first-order valence-corrected chi connectivity index (χ1v) is 8.95. The third-order valence-corrected chi connectivity index (χ3v) is 5.25. The number of carbonyl (C=O) groups excluding carboxylic acids is 2. The lowest BCUT2D eigenvalue weighted by atomic mass is 10.2. The molecule has 2 N–H and O–H groups in total. The number of amides is 1. The molecule has 0 aliphatic heterocycles. The third-order valence-electron chi connectivity index (χ3n) is 3.14. The SMILES string of the molecule is NC(=O)CSc1ccccc1C(=O)OCc1nc2ccccc2s1. The maximum atomic E-state index is 12.3. The van der Waals surface area contributed by atoms with Crippen molar-refractivity contribution in [1.29, 1.82) is 0 Å². The Balaban J connectivity index is 1.69. The summed E-state index contributed by atoms with van der Waals surface area (Å²) in [5.41, 5.74) is 6.47. The zero-order chi connectivity index (χ0) is 16.9. The first-order chi connectivity index (χ1) is 11.6. The van der Waals surface area contributed by atoms with Crippen LogP contribution in [-0.4, -0.2) is 22.6 Å². The normalized spacial score (nSPS) is 10.7. The van der Waals surface area contributed by atoms with Gasteiger partial charge in [0.05, 0.1) is 21.5 Å². The number of ether oxygens (including phenoxy) is 1. The number of hydrogen-bond acceptors (Lipinski definition) is 6. The summed E-state index contributed by atoms with van der Waals surface area (Å²) < 4.78 is 6.43. The lowest BCUT2D eigenvalue weighted by molar-refractivity contribution is -0.115. The number of fused-ring (bicyclic) bond motifs is 1. The van der Waals surface area contributed by atoms with Crippen molar-refractivity contribution >= 4 is 45.2 Å². The molecule has 0 spiro atoms. The molecule has 0 unspecified atom stereocenters. The Morgan fingerprint density at radius 2 is 1.88 bits per heavy atom. The summed E-state index contributed by atoms with van der Waals surface area (Å²) in [6.07, 6.45) is 0. The topological polar surface area (TPSA) is 82.3 Å². The largest absolute Gasteiger partial charge is 0.455 e. The number of esters is 1. The number of nitrogens with two attached hydrogens (primary N) is 1.